The van der Waals surface area contributed by atoms with E-state index >= 15 is 0 Å². The quantitative estimate of drug-likeness (QED) is 0.325. The van der Waals surface area contributed by atoms with Crippen LogP contribution in [0.25, 0.3) is 0 Å². The number of aryl methyl sites for hydroxylation is 1. The molecule has 2 heterocycles. The summed E-state index contributed by atoms with van der Waals surface area (Å²) >= 11 is 7.81. The first-order valence-corrected chi connectivity index (χ1v) is 14.0. The monoisotopic (exact) mass is 539 g/mol. The van der Waals surface area contributed by atoms with Crippen LogP contribution in [0.2, 0.25) is 5.02 Å². The van der Waals surface area contributed by atoms with Crippen LogP contribution >= 0.6 is 22.9 Å². The lowest BCUT2D eigenvalue weighted by Crippen LogP contribution is -2.49. The lowest BCUT2D eigenvalue weighted by Gasteiger charge is -2.37. The first-order valence-electron chi connectivity index (χ1n) is 12.7. The van der Waals surface area contributed by atoms with Crippen LogP contribution in [0.1, 0.15) is 42.3 Å². The maximum Gasteiger partial charge on any atom is 0.322 e. The molecule has 1 N–H and O–H groups in total. The Hall–Kier alpha value is -3.03. The highest BCUT2D eigenvalue weighted by Crippen LogP contribution is 2.34. The van der Waals surface area contributed by atoms with Crippen molar-refractivity contribution in [1.29, 1.82) is 0 Å². The van der Waals surface area contributed by atoms with Gasteiger partial charge in [-0.05, 0) is 66.6 Å². The molecule has 37 heavy (non-hydrogen) atoms. The van der Waals surface area contributed by atoms with E-state index in [1.54, 1.807) is 40.5 Å². The summed E-state index contributed by atoms with van der Waals surface area (Å²) in [4.78, 5) is 31.7. The van der Waals surface area contributed by atoms with Crippen molar-refractivity contribution < 1.29 is 14.3 Å². The summed E-state index contributed by atoms with van der Waals surface area (Å²) in [5.74, 6) is 0.946. The molecule has 4 rings (SSSR count). The number of thiophene rings is 1. The minimum Gasteiger partial charge on any atom is -0.491 e. The number of amides is 3. The number of halogens is 1. The largest absolute Gasteiger partial charge is 0.491 e. The van der Waals surface area contributed by atoms with Gasteiger partial charge in [-0.15, -0.1) is 11.3 Å². The second-order valence-corrected chi connectivity index (χ2v) is 11.0. The van der Waals surface area contributed by atoms with Gasteiger partial charge in [0.05, 0.1) is 6.04 Å². The predicted octanol–water partition coefficient (Wildman–Crippen LogP) is 6.79. The number of rotatable bonds is 9. The van der Waals surface area contributed by atoms with Gasteiger partial charge in [-0.2, -0.15) is 0 Å². The molecule has 0 saturated heterocycles. The van der Waals surface area contributed by atoms with Gasteiger partial charge in [-0.25, -0.2) is 4.79 Å². The van der Waals surface area contributed by atoms with E-state index in [1.165, 1.54) is 10.4 Å². The first kappa shape index (κ1) is 27.0. The summed E-state index contributed by atoms with van der Waals surface area (Å²) in [6, 6.07) is 16.5. The molecule has 3 amide bonds. The summed E-state index contributed by atoms with van der Waals surface area (Å²) in [6.07, 6.45) is 1.71. The Balaban J connectivity index is 1.50. The molecule has 0 radical (unpaired) electrons. The fraction of sp³-hybridized carbons (Fsp3) is 0.379. The van der Waals surface area contributed by atoms with Gasteiger partial charge in [-0.1, -0.05) is 55.6 Å². The molecule has 196 valence electrons. The van der Waals surface area contributed by atoms with Crippen molar-refractivity contribution in [3.63, 3.8) is 0 Å². The van der Waals surface area contributed by atoms with Crippen molar-refractivity contribution in [1.82, 2.24) is 9.80 Å². The minimum absolute atomic E-state index is 0.00274. The van der Waals surface area contributed by atoms with Crippen LogP contribution in [0.15, 0.2) is 60.0 Å². The number of nitrogens with zero attached hydrogens (tertiary/aromatic N) is 2. The number of benzene rings is 2. The summed E-state index contributed by atoms with van der Waals surface area (Å²) in [6.45, 7) is 7.65. The lowest BCUT2D eigenvalue weighted by atomic mass is 10.00. The summed E-state index contributed by atoms with van der Waals surface area (Å²) in [5, 5.41) is 5.52. The molecule has 1 aliphatic heterocycles. The van der Waals surface area contributed by atoms with Crippen LogP contribution in [0.4, 0.5) is 10.5 Å². The molecule has 1 aliphatic rings. The van der Waals surface area contributed by atoms with Gasteiger partial charge in [-0.3, -0.25) is 4.79 Å². The van der Waals surface area contributed by atoms with Crippen LogP contribution in [0.5, 0.6) is 5.75 Å². The van der Waals surface area contributed by atoms with Crippen LogP contribution in [-0.4, -0.2) is 48.0 Å². The molecule has 0 bridgehead atoms. The molecule has 1 aromatic heterocycles. The Labute approximate surface area is 228 Å². The van der Waals surface area contributed by atoms with E-state index in [0.717, 1.165) is 24.2 Å². The molecule has 8 heteroatoms. The molecule has 0 fully saturated rings. The zero-order chi connectivity index (χ0) is 26.4. The fourth-order valence-electron chi connectivity index (χ4n) is 4.43. The number of anilines is 1. The second-order valence-electron chi connectivity index (χ2n) is 9.61. The van der Waals surface area contributed by atoms with E-state index in [9.17, 15) is 9.59 Å². The van der Waals surface area contributed by atoms with Gasteiger partial charge in [0.2, 0.25) is 5.91 Å². The van der Waals surface area contributed by atoms with Crippen LogP contribution in [0, 0.1) is 12.8 Å². The first-order chi connectivity index (χ1) is 17.8. The third-order valence-electron chi connectivity index (χ3n) is 6.76. The van der Waals surface area contributed by atoms with Crippen LogP contribution < -0.4 is 10.1 Å². The Morgan fingerprint density at radius 2 is 2.00 bits per heavy atom. The van der Waals surface area contributed by atoms with Crippen molar-refractivity contribution in [2.45, 2.75) is 39.7 Å². The topological polar surface area (TPSA) is 61.9 Å². The van der Waals surface area contributed by atoms with E-state index in [4.69, 9.17) is 16.3 Å². The smallest absolute Gasteiger partial charge is 0.322 e. The number of fused-ring (bicyclic) bond motifs is 1. The van der Waals surface area contributed by atoms with Gasteiger partial charge in [0.1, 0.15) is 18.9 Å². The van der Waals surface area contributed by atoms with E-state index < -0.39 is 0 Å². The average Bonchev–Trinajstić information content (AvgIpc) is 3.37. The van der Waals surface area contributed by atoms with E-state index in [-0.39, 0.29) is 30.4 Å². The average molecular weight is 540 g/mol. The van der Waals surface area contributed by atoms with Crippen LogP contribution in [-0.2, 0) is 11.2 Å². The molecular weight excluding hydrogens is 506 g/mol. The second kappa shape index (κ2) is 12.5. The highest BCUT2D eigenvalue weighted by molar-refractivity contribution is 7.10. The lowest BCUT2D eigenvalue weighted by molar-refractivity contribution is -0.135. The highest BCUT2D eigenvalue weighted by atomic mass is 35.5. The molecule has 3 aromatic rings. The number of carbonyl (C=O) groups is 2. The van der Waals surface area contributed by atoms with Crippen molar-refractivity contribution in [3.05, 3.63) is 81.0 Å². The SMILES string of the molecule is CCC(C)CN(CC(=O)N1CCc2sccc2C1COc1ccc(C)cc1)C(=O)Nc1cccc(Cl)c1. The summed E-state index contributed by atoms with van der Waals surface area (Å²) in [7, 11) is 0. The summed E-state index contributed by atoms with van der Waals surface area (Å²) < 4.78 is 6.14. The van der Waals surface area contributed by atoms with Gasteiger partial charge in [0.25, 0.3) is 0 Å². The van der Waals surface area contributed by atoms with Crippen molar-refractivity contribution >= 4 is 40.6 Å². The zero-order valence-corrected chi connectivity index (χ0v) is 23.1. The molecular formula is C29H34ClN3O3S. The number of ether oxygens (including phenoxy) is 1. The van der Waals surface area contributed by atoms with Crippen LogP contribution in [0.3, 0.4) is 0 Å². The van der Waals surface area contributed by atoms with Gasteiger partial charge in [0.15, 0.2) is 0 Å². The molecule has 2 aromatic carbocycles. The number of urea groups is 1. The fourth-order valence-corrected chi connectivity index (χ4v) is 5.55. The predicted molar refractivity (Wildman–Crippen MR) is 151 cm³/mol. The van der Waals surface area contributed by atoms with Crippen molar-refractivity contribution in [2.75, 3.05) is 31.6 Å². The Morgan fingerprint density at radius 1 is 1.22 bits per heavy atom. The molecule has 0 saturated carbocycles. The number of nitrogens with one attached hydrogen (secondary N) is 1. The molecule has 6 nitrogen and oxygen atoms in total. The van der Waals surface area contributed by atoms with E-state index in [1.807, 2.05) is 36.1 Å². The van der Waals surface area contributed by atoms with E-state index in [2.05, 4.69) is 30.6 Å². The Bertz CT molecular complexity index is 1210. The Morgan fingerprint density at radius 3 is 2.73 bits per heavy atom. The van der Waals surface area contributed by atoms with Crippen molar-refractivity contribution in [2.24, 2.45) is 5.92 Å². The standard InChI is InChI=1S/C29H34ClN3O3S/c1-4-20(2)17-32(29(35)31-23-7-5-6-22(30)16-23)18-28(34)33-14-12-27-25(13-15-37-27)26(33)19-36-24-10-8-21(3)9-11-24/h5-11,13,15-16,20,26H,4,12,14,17-19H2,1-3H3,(H,31,35). The molecule has 2 unspecified atom stereocenters. The van der Waals surface area contributed by atoms with Gasteiger partial charge >= 0.3 is 6.03 Å². The number of hydrogen-bond acceptors (Lipinski definition) is 4. The maximum atomic E-state index is 13.7. The highest BCUT2D eigenvalue weighted by Gasteiger charge is 2.33. The Kier molecular flexibility index (Phi) is 9.11. The minimum atomic E-state index is -0.309. The molecule has 0 aliphatic carbocycles. The van der Waals surface area contributed by atoms with Gasteiger partial charge < -0.3 is 19.9 Å². The van der Waals surface area contributed by atoms with Gasteiger partial charge in [0, 0.05) is 28.7 Å². The molecule has 0 spiro atoms. The maximum absolute atomic E-state index is 13.7. The normalized spacial score (nSPS) is 15.6. The zero-order valence-electron chi connectivity index (χ0n) is 21.6. The number of hydrogen-bond donors (Lipinski definition) is 1. The number of carbonyl (C=O) groups excluding carboxylic acids is 2. The third kappa shape index (κ3) is 7.05. The van der Waals surface area contributed by atoms with Crippen molar-refractivity contribution in [3.8, 4) is 5.75 Å². The third-order valence-corrected chi connectivity index (χ3v) is 7.99. The van der Waals surface area contributed by atoms with E-state index in [0.29, 0.717) is 30.4 Å². The summed E-state index contributed by atoms with van der Waals surface area (Å²) in [5.41, 5.74) is 2.90. The molecule has 2 atom stereocenters.